The van der Waals surface area contributed by atoms with Gasteiger partial charge in [0.05, 0.1) is 25.7 Å². The second-order valence-electron chi connectivity index (χ2n) is 19.3. The summed E-state index contributed by atoms with van der Waals surface area (Å²) in [5.41, 5.74) is 18.0. The monoisotopic (exact) mass is 1080 g/mol. The molecule has 0 saturated carbocycles. The normalized spacial score (nSPS) is 15.0. The molecule has 0 radical (unpaired) electrons. The van der Waals surface area contributed by atoms with Gasteiger partial charge in [0.15, 0.2) is 5.96 Å². The highest BCUT2D eigenvalue weighted by molar-refractivity contribution is 5.99. The number of nitrogens with one attached hydrogen (secondary N) is 8. The number of carboxylic acids is 2. The molecule has 0 aromatic heterocycles. The maximum absolute atomic E-state index is 14.1. The quantitative estimate of drug-likeness (QED) is 0.0189. The molecule has 0 unspecified atom stereocenters. The Balaban J connectivity index is 2.40. The molecule has 77 heavy (non-hydrogen) atoms. The van der Waals surface area contributed by atoms with Crippen molar-refractivity contribution in [3.8, 4) is 0 Å². The number of aliphatic carboxylic acids is 2. The minimum Gasteiger partial charge on any atom is -0.481 e. The molecule has 18 N–H and O–H groups in total. The minimum atomic E-state index is -1.98. The van der Waals surface area contributed by atoms with Crippen molar-refractivity contribution < 1.29 is 68.4 Å². The fraction of sp³-hybridized carbons (Fsp3) is 0.549. The van der Waals surface area contributed by atoms with E-state index >= 15 is 0 Å². The maximum Gasteiger partial charge on any atom is 0.326 e. The molecule has 426 valence electrons. The number of carboxylic acid groups (broad SMARTS) is 2. The molecule has 26 nitrogen and oxygen atoms in total. The van der Waals surface area contributed by atoms with Crippen LogP contribution in [0.25, 0.3) is 0 Å². The van der Waals surface area contributed by atoms with Crippen LogP contribution in [0.5, 0.6) is 0 Å². The summed E-state index contributed by atoms with van der Waals surface area (Å²) in [6.07, 6.45) is -0.926. The summed E-state index contributed by atoms with van der Waals surface area (Å²) in [6, 6.07) is 3.06. The van der Waals surface area contributed by atoms with Crippen LogP contribution in [-0.4, -0.2) is 160 Å². The maximum atomic E-state index is 14.1. The smallest absolute Gasteiger partial charge is 0.326 e. The molecule has 2 aromatic rings. The van der Waals surface area contributed by atoms with Crippen molar-refractivity contribution in [2.24, 2.45) is 39.9 Å². The molecular formula is C51H78N12O14. The first-order valence-corrected chi connectivity index (χ1v) is 25.3. The van der Waals surface area contributed by atoms with E-state index in [9.17, 15) is 68.4 Å². The summed E-state index contributed by atoms with van der Waals surface area (Å²) < 4.78 is 0. The Kier molecular flexibility index (Phi) is 28.3. The Morgan fingerprint density at radius 2 is 0.922 bits per heavy atom. The Hall–Kier alpha value is -7.71. The molecule has 2 rings (SSSR count). The topological polar surface area (TPSA) is 438 Å². The van der Waals surface area contributed by atoms with Crippen LogP contribution in [0.2, 0.25) is 0 Å². The van der Waals surface area contributed by atoms with Crippen molar-refractivity contribution in [3.05, 3.63) is 71.8 Å². The highest BCUT2D eigenvalue weighted by Crippen LogP contribution is 2.13. The van der Waals surface area contributed by atoms with Gasteiger partial charge in [-0.05, 0) is 48.1 Å². The fourth-order valence-corrected chi connectivity index (χ4v) is 7.51. The van der Waals surface area contributed by atoms with Crippen LogP contribution in [0.15, 0.2) is 65.7 Å². The molecule has 0 heterocycles. The summed E-state index contributed by atoms with van der Waals surface area (Å²) in [4.78, 5) is 138. The first-order valence-electron chi connectivity index (χ1n) is 25.3. The van der Waals surface area contributed by atoms with Crippen molar-refractivity contribution in [1.82, 2.24) is 42.5 Å². The van der Waals surface area contributed by atoms with Crippen LogP contribution >= 0.6 is 0 Å². The van der Waals surface area contributed by atoms with Gasteiger partial charge in [-0.1, -0.05) is 109 Å². The lowest BCUT2D eigenvalue weighted by molar-refractivity contribution is -0.144. The highest BCUT2D eigenvalue weighted by atomic mass is 16.4. The van der Waals surface area contributed by atoms with Gasteiger partial charge in [0.2, 0.25) is 47.3 Å². The molecular weight excluding hydrogens is 1000 g/mol. The number of hydrogen-bond donors (Lipinski definition) is 15. The van der Waals surface area contributed by atoms with Crippen LogP contribution in [0.3, 0.4) is 0 Å². The van der Waals surface area contributed by atoms with Gasteiger partial charge in [0.1, 0.15) is 48.3 Å². The summed E-state index contributed by atoms with van der Waals surface area (Å²) >= 11 is 0. The number of aliphatic hydroxyl groups excluding tert-OH is 2. The first-order chi connectivity index (χ1) is 36.3. The van der Waals surface area contributed by atoms with Crippen LogP contribution in [0, 0.1) is 17.8 Å². The van der Waals surface area contributed by atoms with Gasteiger partial charge < -0.3 is 80.2 Å². The summed E-state index contributed by atoms with van der Waals surface area (Å²) in [6.45, 7) is 8.22. The van der Waals surface area contributed by atoms with Gasteiger partial charge in [0, 0.05) is 19.4 Å². The number of nitrogens with two attached hydrogens (primary N) is 3. The number of hydrogen-bond acceptors (Lipinski definition) is 14. The third-order valence-corrected chi connectivity index (χ3v) is 12.2. The molecule has 0 aliphatic rings. The lowest BCUT2D eigenvalue weighted by atomic mass is 9.98. The summed E-state index contributed by atoms with van der Waals surface area (Å²) in [5.74, 6) is -12.0. The number of guanidine groups is 1. The zero-order chi connectivity index (χ0) is 57.9. The second-order valence-corrected chi connectivity index (χ2v) is 19.3. The molecule has 0 fully saturated rings. The Morgan fingerprint density at radius 1 is 0.532 bits per heavy atom. The number of carbonyl (C=O) groups is 10. The number of aliphatic hydroxyl groups is 2. The average molecular weight is 1080 g/mol. The van der Waals surface area contributed by atoms with Crippen LogP contribution in [0.1, 0.15) is 84.8 Å². The second kappa shape index (κ2) is 33.3. The SMILES string of the molecule is CC[C@H](C)[C@H](NC(=O)[C@H](CCCN=C(N)N)NC(=O)[C@H](Cc1ccccc1)NC(=O)[C@H](CC(=O)O)NC(=O)[C@H](CO)NC(=O)[C@H](CO)NC(=O)[C@H](Cc1ccccc1)NC(=O)[C@H](CC(C)C)NC(=O)[C@@H](N)C(C)C)C(=O)O. The van der Waals surface area contributed by atoms with E-state index in [4.69, 9.17) is 17.2 Å². The number of amides is 8. The zero-order valence-corrected chi connectivity index (χ0v) is 44.3. The molecule has 2 aromatic carbocycles. The van der Waals surface area contributed by atoms with Crippen molar-refractivity contribution in [1.29, 1.82) is 0 Å². The Labute approximate surface area is 447 Å². The van der Waals surface area contributed by atoms with Gasteiger partial charge >= 0.3 is 11.9 Å². The summed E-state index contributed by atoms with van der Waals surface area (Å²) in [5, 5.41) is 59.6. The Bertz CT molecular complexity index is 2320. The number of aliphatic imine (C=N–C) groups is 1. The number of carbonyl (C=O) groups excluding carboxylic acids is 8. The third kappa shape index (κ3) is 23.4. The molecule has 26 heteroatoms. The molecule has 10 atom stereocenters. The van der Waals surface area contributed by atoms with Gasteiger partial charge in [-0.3, -0.25) is 48.1 Å². The highest BCUT2D eigenvalue weighted by Gasteiger charge is 2.36. The van der Waals surface area contributed by atoms with Gasteiger partial charge in [-0.15, -0.1) is 0 Å². The predicted molar refractivity (Wildman–Crippen MR) is 281 cm³/mol. The van der Waals surface area contributed by atoms with E-state index in [2.05, 4.69) is 47.5 Å². The average Bonchev–Trinajstić information content (AvgIpc) is 3.37. The molecule has 0 saturated heterocycles. The van der Waals surface area contributed by atoms with Gasteiger partial charge in [-0.25, -0.2) is 4.79 Å². The third-order valence-electron chi connectivity index (χ3n) is 12.2. The van der Waals surface area contributed by atoms with Crippen LogP contribution in [0.4, 0.5) is 0 Å². The van der Waals surface area contributed by atoms with Crippen molar-refractivity contribution >= 4 is 65.2 Å². The number of nitrogens with zero attached hydrogens (tertiary/aromatic N) is 1. The predicted octanol–water partition coefficient (Wildman–Crippen LogP) is -2.98. The number of benzene rings is 2. The van der Waals surface area contributed by atoms with Crippen LogP contribution in [-0.2, 0) is 60.8 Å². The molecule has 0 bridgehead atoms. The van der Waals surface area contributed by atoms with E-state index in [-0.39, 0.29) is 56.4 Å². The zero-order valence-electron chi connectivity index (χ0n) is 44.3. The number of rotatable bonds is 34. The van der Waals surface area contributed by atoms with E-state index in [1.165, 1.54) is 0 Å². The lowest BCUT2D eigenvalue weighted by Gasteiger charge is -2.28. The van der Waals surface area contributed by atoms with Crippen molar-refractivity contribution in [2.75, 3.05) is 19.8 Å². The van der Waals surface area contributed by atoms with Crippen molar-refractivity contribution in [2.45, 2.75) is 141 Å². The van der Waals surface area contributed by atoms with Crippen molar-refractivity contribution in [3.63, 3.8) is 0 Å². The standard InChI is InChI=1S/C51H78N12O14/c1-7-29(6)41(50(76)77)63-42(68)32(19-14-20-55-51(53)54)56-44(70)34(22-30-15-10-8-11-16-30)58-46(72)36(24-39(66)67)59-47(73)37(25-64)62-48(74)38(26-65)61-45(71)35(23-31-17-12-9-13-18-31)57-43(69)33(21-27(2)3)60-49(75)40(52)28(4)5/h8-13,15-18,27-29,32-38,40-41,64-65H,7,14,19-26,52H2,1-6H3,(H,56,70)(H,57,69)(H,58,72)(H,59,73)(H,60,75)(H,61,71)(H,62,74)(H,63,68)(H,66,67)(H,76,77)(H4,53,54,55)/t29-,32-,33-,34-,35-,36-,37-,38-,40-,41-/m0/s1. The molecule has 0 spiro atoms. The molecule has 0 aliphatic heterocycles. The van der Waals surface area contributed by atoms with Crippen LogP contribution < -0.4 is 59.7 Å². The van der Waals surface area contributed by atoms with E-state index in [0.717, 1.165) is 0 Å². The summed E-state index contributed by atoms with van der Waals surface area (Å²) in [7, 11) is 0. The minimum absolute atomic E-state index is 0.0211. The molecule has 0 aliphatic carbocycles. The van der Waals surface area contributed by atoms with E-state index in [1.54, 1.807) is 88.4 Å². The van der Waals surface area contributed by atoms with E-state index in [1.807, 2.05) is 13.8 Å². The lowest BCUT2D eigenvalue weighted by Crippen LogP contribution is -2.62. The largest absolute Gasteiger partial charge is 0.481 e. The molecule has 8 amide bonds. The Morgan fingerprint density at radius 3 is 1.32 bits per heavy atom. The van der Waals surface area contributed by atoms with E-state index in [0.29, 0.717) is 17.5 Å². The van der Waals surface area contributed by atoms with Gasteiger partial charge in [-0.2, -0.15) is 0 Å². The van der Waals surface area contributed by atoms with E-state index < -0.39 is 139 Å². The fourth-order valence-electron chi connectivity index (χ4n) is 7.51. The van der Waals surface area contributed by atoms with Gasteiger partial charge in [0.25, 0.3) is 0 Å². The first kappa shape index (κ1) is 65.4.